The predicted molar refractivity (Wildman–Crippen MR) is 95.4 cm³/mol. The largest absolute Gasteiger partial charge is 0.459 e. The van der Waals surface area contributed by atoms with Crippen LogP contribution in [0.5, 0.6) is 0 Å². The second-order valence-corrected chi connectivity index (χ2v) is 8.33. The fourth-order valence-electron chi connectivity index (χ4n) is 2.60. The van der Waals surface area contributed by atoms with E-state index in [0.29, 0.717) is 0 Å². The molecule has 3 rings (SSSR count). The molecule has 0 aliphatic rings. The average Bonchev–Trinajstić information content (AvgIpc) is 3.17. The highest BCUT2D eigenvalue weighted by molar-refractivity contribution is 7.78. The third-order valence-electron chi connectivity index (χ3n) is 3.84. The van der Waals surface area contributed by atoms with Crippen molar-refractivity contribution in [3.63, 3.8) is 0 Å². The van der Waals surface area contributed by atoms with Gasteiger partial charge in [-0.05, 0) is 12.1 Å². The van der Waals surface area contributed by atoms with Gasteiger partial charge in [0.05, 0.1) is 12.5 Å². The zero-order valence-corrected chi connectivity index (χ0v) is 14.2. The highest BCUT2D eigenvalue weighted by Gasteiger charge is 2.31. The number of furan rings is 1. The Kier molecular flexibility index (Phi) is 4.68. The summed E-state index contributed by atoms with van der Waals surface area (Å²) in [6, 6.07) is 21.9. The first-order chi connectivity index (χ1) is 11.6. The monoisotopic (exact) mass is 339 g/mol. The van der Waals surface area contributed by atoms with Crippen molar-refractivity contribution in [2.75, 3.05) is 13.3 Å². The number of hydrogen-bond donors (Lipinski definition) is 0. The molecular weight excluding hydrogens is 321 g/mol. The molecule has 0 saturated carbocycles. The Labute approximate surface area is 141 Å². The molecule has 2 aromatic carbocycles. The molecular formula is C19H18NO3P. The highest BCUT2D eigenvalue weighted by atomic mass is 31.2. The van der Waals surface area contributed by atoms with Crippen LogP contribution in [-0.4, -0.2) is 24.1 Å². The van der Waals surface area contributed by atoms with Gasteiger partial charge in [-0.3, -0.25) is 4.79 Å². The van der Waals surface area contributed by atoms with E-state index in [2.05, 4.69) is 0 Å². The number of carbonyl (C=O) groups is 1. The molecule has 4 nitrogen and oxygen atoms in total. The lowest BCUT2D eigenvalue weighted by molar-refractivity contribution is 0.0786. The standard InChI is InChI=1S/C19H18NO3P/c1-20(19(21)18-13-8-14-23-18)15-24(22,16-9-4-2-5-10-16)17-11-6-3-7-12-17/h2-14H,15H2,1H3. The molecule has 0 aliphatic heterocycles. The zero-order chi connectivity index (χ0) is 17.0. The zero-order valence-electron chi connectivity index (χ0n) is 13.3. The third kappa shape index (κ3) is 3.19. The molecule has 24 heavy (non-hydrogen) atoms. The normalized spacial score (nSPS) is 11.2. The lowest BCUT2D eigenvalue weighted by Gasteiger charge is -2.25. The minimum atomic E-state index is -2.97. The van der Waals surface area contributed by atoms with Gasteiger partial charge < -0.3 is 13.9 Å². The Balaban J connectivity index is 1.97. The third-order valence-corrected chi connectivity index (χ3v) is 6.92. The minimum absolute atomic E-state index is 0.112. The van der Waals surface area contributed by atoms with Crippen molar-refractivity contribution >= 4 is 23.7 Å². The van der Waals surface area contributed by atoms with Crippen molar-refractivity contribution in [1.29, 1.82) is 0 Å². The summed E-state index contributed by atoms with van der Waals surface area (Å²) in [7, 11) is -1.33. The maximum absolute atomic E-state index is 13.9. The fraction of sp³-hybridized carbons (Fsp3) is 0.105. The number of amides is 1. The summed E-state index contributed by atoms with van der Waals surface area (Å²) in [5.74, 6) is -0.0442. The topological polar surface area (TPSA) is 50.5 Å². The van der Waals surface area contributed by atoms with Crippen LogP contribution in [0.15, 0.2) is 83.5 Å². The second-order valence-electron chi connectivity index (χ2n) is 5.53. The van der Waals surface area contributed by atoms with Gasteiger partial charge in [-0.15, -0.1) is 0 Å². The van der Waals surface area contributed by atoms with Gasteiger partial charge in [0.2, 0.25) is 0 Å². The van der Waals surface area contributed by atoms with Crippen LogP contribution >= 0.6 is 7.14 Å². The molecule has 122 valence electrons. The number of carbonyl (C=O) groups excluding carboxylic acids is 1. The van der Waals surface area contributed by atoms with Gasteiger partial charge in [-0.1, -0.05) is 60.7 Å². The Bertz CT molecular complexity index is 801. The lowest BCUT2D eigenvalue weighted by Crippen LogP contribution is -2.32. The van der Waals surface area contributed by atoms with Crippen LogP contribution < -0.4 is 10.6 Å². The van der Waals surface area contributed by atoms with Gasteiger partial charge in [-0.2, -0.15) is 0 Å². The highest BCUT2D eigenvalue weighted by Crippen LogP contribution is 2.43. The van der Waals surface area contributed by atoms with Gasteiger partial charge in [0.1, 0.15) is 0 Å². The molecule has 0 bridgehead atoms. The lowest BCUT2D eigenvalue weighted by atomic mass is 10.4. The Morgan fingerprint density at radius 1 is 0.917 bits per heavy atom. The summed E-state index contributed by atoms with van der Waals surface area (Å²) in [6.45, 7) is 0. The number of nitrogens with zero attached hydrogens (tertiary/aromatic N) is 1. The first kappa shape index (κ1) is 16.3. The number of rotatable bonds is 5. The van der Waals surface area contributed by atoms with Gasteiger partial charge in [-0.25, -0.2) is 0 Å². The maximum Gasteiger partial charge on any atom is 0.289 e. The predicted octanol–water partition coefficient (Wildman–Crippen LogP) is 3.32. The Morgan fingerprint density at radius 2 is 1.46 bits per heavy atom. The molecule has 0 aliphatic carbocycles. The summed E-state index contributed by atoms with van der Waals surface area (Å²) in [5.41, 5.74) is 0. The molecule has 5 heteroatoms. The van der Waals surface area contributed by atoms with E-state index < -0.39 is 7.14 Å². The summed E-state index contributed by atoms with van der Waals surface area (Å²) in [6.07, 6.45) is 1.57. The second kappa shape index (κ2) is 6.90. The Morgan fingerprint density at radius 3 is 1.92 bits per heavy atom. The van der Waals surface area contributed by atoms with E-state index in [1.54, 1.807) is 19.2 Å². The quantitative estimate of drug-likeness (QED) is 0.670. The van der Waals surface area contributed by atoms with Gasteiger partial charge in [0.15, 0.2) is 12.9 Å². The molecule has 0 saturated heterocycles. The molecule has 0 fully saturated rings. The molecule has 0 atom stereocenters. The molecule has 1 aromatic heterocycles. The summed E-state index contributed by atoms with van der Waals surface area (Å²) < 4.78 is 19.0. The molecule has 0 radical (unpaired) electrons. The molecule has 0 N–H and O–H groups in total. The van der Waals surface area contributed by atoms with Crippen molar-refractivity contribution in [3.05, 3.63) is 84.8 Å². The molecule has 1 amide bonds. The number of hydrogen-bond acceptors (Lipinski definition) is 3. The van der Waals surface area contributed by atoms with Crippen molar-refractivity contribution in [2.24, 2.45) is 0 Å². The van der Waals surface area contributed by atoms with Crippen molar-refractivity contribution in [2.45, 2.75) is 0 Å². The van der Waals surface area contributed by atoms with Crippen LogP contribution in [0, 0.1) is 0 Å². The van der Waals surface area contributed by atoms with Crippen LogP contribution in [0.25, 0.3) is 0 Å². The Hall–Kier alpha value is -2.58. The first-order valence-corrected chi connectivity index (χ1v) is 9.50. The number of benzene rings is 2. The SMILES string of the molecule is CN(CP(=O)(c1ccccc1)c1ccccc1)C(=O)c1ccco1. The first-order valence-electron chi connectivity index (χ1n) is 7.60. The van der Waals surface area contributed by atoms with Crippen LogP contribution in [-0.2, 0) is 4.57 Å². The summed E-state index contributed by atoms with van der Waals surface area (Å²) in [4.78, 5) is 13.9. The van der Waals surface area contributed by atoms with Gasteiger partial charge >= 0.3 is 0 Å². The molecule has 0 spiro atoms. The van der Waals surface area contributed by atoms with E-state index in [9.17, 15) is 9.36 Å². The molecule has 1 heterocycles. The van der Waals surface area contributed by atoms with E-state index in [1.807, 2.05) is 60.7 Å². The van der Waals surface area contributed by atoms with E-state index >= 15 is 0 Å². The fourth-order valence-corrected chi connectivity index (χ4v) is 5.26. The van der Waals surface area contributed by atoms with Crippen molar-refractivity contribution in [3.8, 4) is 0 Å². The van der Waals surface area contributed by atoms with Crippen LogP contribution in [0.3, 0.4) is 0 Å². The van der Waals surface area contributed by atoms with E-state index in [1.165, 1.54) is 11.2 Å². The van der Waals surface area contributed by atoms with Gasteiger partial charge in [0, 0.05) is 17.7 Å². The van der Waals surface area contributed by atoms with Crippen molar-refractivity contribution in [1.82, 2.24) is 4.90 Å². The van der Waals surface area contributed by atoms with Crippen LogP contribution in [0.4, 0.5) is 0 Å². The summed E-state index contributed by atoms with van der Waals surface area (Å²) in [5, 5.41) is 1.46. The molecule has 0 unspecified atom stereocenters. The molecule has 3 aromatic rings. The maximum atomic E-state index is 13.9. The van der Waals surface area contributed by atoms with E-state index in [4.69, 9.17) is 4.42 Å². The van der Waals surface area contributed by atoms with Crippen molar-refractivity contribution < 1.29 is 13.8 Å². The van der Waals surface area contributed by atoms with Crippen LogP contribution in [0.2, 0.25) is 0 Å². The summed E-state index contributed by atoms with van der Waals surface area (Å²) >= 11 is 0. The van der Waals surface area contributed by atoms with E-state index in [0.717, 1.165) is 10.6 Å². The smallest absolute Gasteiger partial charge is 0.289 e. The van der Waals surface area contributed by atoms with E-state index in [-0.39, 0.29) is 18.0 Å². The average molecular weight is 339 g/mol. The van der Waals surface area contributed by atoms with Crippen LogP contribution in [0.1, 0.15) is 10.6 Å². The minimum Gasteiger partial charge on any atom is -0.459 e. The van der Waals surface area contributed by atoms with Gasteiger partial charge in [0.25, 0.3) is 5.91 Å².